The molecule has 28 heavy (non-hydrogen) atoms. The van der Waals surface area contributed by atoms with E-state index in [-0.39, 0.29) is 11.7 Å². The number of benzene rings is 2. The highest BCUT2D eigenvalue weighted by atomic mass is 16.5. The number of ether oxygens (including phenoxy) is 1. The Morgan fingerprint density at radius 2 is 1.89 bits per heavy atom. The van der Waals surface area contributed by atoms with E-state index in [1.54, 1.807) is 43.8 Å². The lowest BCUT2D eigenvalue weighted by Gasteiger charge is -2.30. The van der Waals surface area contributed by atoms with Crippen LogP contribution in [0.1, 0.15) is 41.4 Å². The van der Waals surface area contributed by atoms with Gasteiger partial charge in [-0.1, -0.05) is 5.21 Å². The first-order valence-electron chi connectivity index (χ1n) is 9.22. The lowest BCUT2D eigenvalue weighted by atomic mass is 10.0. The molecule has 0 fully saturated rings. The number of hydrogen-bond acceptors (Lipinski definition) is 5. The summed E-state index contributed by atoms with van der Waals surface area (Å²) in [6.07, 6.45) is -0.536. The summed E-state index contributed by atoms with van der Waals surface area (Å²) < 4.78 is 7.28. The molecule has 0 spiro atoms. The number of Topliss-reactive ketones (excluding diaryl/α,β-unsaturated/α-hetero) is 1. The molecule has 1 amide bonds. The summed E-state index contributed by atoms with van der Waals surface area (Å²) in [5.74, 6) is 0.349. The van der Waals surface area contributed by atoms with Crippen LogP contribution in [0.15, 0.2) is 30.3 Å². The summed E-state index contributed by atoms with van der Waals surface area (Å²) in [6.45, 7) is 7.56. The fourth-order valence-electron chi connectivity index (χ4n) is 3.50. The Kier molecular flexibility index (Phi) is 4.18. The quantitative estimate of drug-likeness (QED) is 0.654. The average Bonchev–Trinajstić information content (AvgIpc) is 3.07. The molecule has 7 heteroatoms. The van der Waals surface area contributed by atoms with Gasteiger partial charge >= 0.3 is 0 Å². The third-order valence-corrected chi connectivity index (χ3v) is 5.42. The van der Waals surface area contributed by atoms with Crippen LogP contribution in [-0.4, -0.2) is 39.8 Å². The van der Waals surface area contributed by atoms with Crippen molar-refractivity contribution in [3.05, 3.63) is 47.0 Å². The number of rotatable bonds is 3. The fraction of sp³-hybridized carbons (Fsp3) is 0.333. The standard InChI is InChI=1S/C21H22N4O3/c1-11-8-16-17(9-12(11)2)25(23-22-16)13(3)20(26)15-6-7-19-18(10-15)24(5)21(27)14(4)28-19/h6-10,13-14H,1-5H3. The average molecular weight is 378 g/mol. The first-order valence-corrected chi connectivity index (χ1v) is 9.22. The van der Waals surface area contributed by atoms with Crippen molar-refractivity contribution in [1.82, 2.24) is 15.0 Å². The molecule has 7 nitrogen and oxygen atoms in total. The van der Waals surface area contributed by atoms with E-state index in [0.29, 0.717) is 17.0 Å². The van der Waals surface area contributed by atoms with Crippen molar-refractivity contribution in [3.63, 3.8) is 0 Å². The maximum atomic E-state index is 13.1. The number of carbonyl (C=O) groups excluding carboxylic acids is 2. The summed E-state index contributed by atoms with van der Waals surface area (Å²) in [5.41, 5.74) is 4.94. The van der Waals surface area contributed by atoms with Crippen LogP contribution in [0.5, 0.6) is 5.75 Å². The predicted octanol–water partition coefficient (Wildman–Crippen LogP) is 3.24. The molecule has 0 aliphatic carbocycles. The first-order chi connectivity index (χ1) is 13.3. The highest BCUT2D eigenvalue weighted by molar-refractivity contribution is 6.04. The summed E-state index contributed by atoms with van der Waals surface area (Å²) in [7, 11) is 1.69. The maximum Gasteiger partial charge on any atom is 0.267 e. The van der Waals surface area contributed by atoms with Gasteiger partial charge in [-0.05, 0) is 69.2 Å². The minimum atomic E-state index is -0.536. The van der Waals surface area contributed by atoms with E-state index in [1.165, 1.54) is 4.90 Å². The number of likely N-dealkylation sites (N-methyl/N-ethyl adjacent to an activating group) is 1. The number of aryl methyl sites for hydroxylation is 2. The summed E-state index contributed by atoms with van der Waals surface area (Å²) in [6, 6.07) is 8.61. The molecule has 0 N–H and O–H groups in total. The normalized spacial score (nSPS) is 17.4. The maximum absolute atomic E-state index is 13.1. The second-order valence-corrected chi connectivity index (χ2v) is 7.34. The van der Waals surface area contributed by atoms with Crippen molar-refractivity contribution in [1.29, 1.82) is 0 Å². The van der Waals surface area contributed by atoms with Crippen molar-refractivity contribution >= 4 is 28.4 Å². The van der Waals surface area contributed by atoms with Gasteiger partial charge < -0.3 is 9.64 Å². The molecule has 2 heterocycles. The Hall–Kier alpha value is -3.22. The number of nitrogens with zero attached hydrogens (tertiary/aromatic N) is 4. The zero-order chi connectivity index (χ0) is 20.2. The van der Waals surface area contributed by atoms with Gasteiger partial charge in [-0.3, -0.25) is 9.59 Å². The van der Waals surface area contributed by atoms with E-state index in [4.69, 9.17) is 4.74 Å². The number of carbonyl (C=O) groups is 2. The van der Waals surface area contributed by atoms with Crippen molar-refractivity contribution in [2.75, 3.05) is 11.9 Å². The van der Waals surface area contributed by atoms with Crippen molar-refractivity contribution in [3.8, 4) is 5.75 Å². The third kappa shape index (κ3) is 2.74. The second-order valence-electron chi connectivity index (χ2n) is 7.34. The molecule has 1 aromatic heterocycles. The van der Waals surface area contributed by atoms with Crippen molar-refractivity contribution in [2.45, 2.75) is 39.8 Å². The van der Waals surface area contributed by atoms with E-state index in [0.717, 1.165) is 22.2 Å². The molecule has 1 aliphatic heterocycles. The second kappa shape index (κ2) is 6.44. The Morgan fingerprint density at radius 1 is 1.18 bits per heavy atom. The zero-order valence-electron chi connectivity index (χ0n) is 16.6. The van der Waals surface area contributed by atoms with E-state index in [2.05, 4.69) is 10.3 Å². The van der Waals surface area contributed by atoms with Crippen LogP contribution in [0.25, 0.3) is 11.0 Å². The molecule has 2 aromatic carbocycles. The van der Waals surface area contributed by atoms with Gasteiger partial charge in [0.1, 0.15) is 17.3 Å². The smallest absolute Gasteiger partial charge is 0.267 e. The molecule has 0 bridgehead atoms. The molecular weight excluding hydrogens is 356 g/mol. The predicted molar refractivity (Wildman–Crippen MR) is 106 cm³/mol. The number of hydrogen-bond donors (Lipinski definition) is 0. The minimum Gasteiger partial charge on any atom is -0.479 e. The Morgan fingerprint density at radius 3 is 2.64 bits per heavy atom. The lowest BCUT2D eigenvalue weighted by Crippen LogP contribution is -2.42. The Labute approximate surface area is 162 Å². The van der Waals surface area contributed by atoms with Crippen LogP contribution in [0.4, 0.5) is 5.69 Å². The topological polar surface area (TPSA) is 77.3 Å². The largest absolute Gasteiger partial charge is 0.479 e. The van der Waals surface area contributed by atoms with Crippen LogP contribution in [0.2, 0.25) is 0 Å². The highest BCUT2D eigenvalue weighted by Gasteiger charge is 2.30. The monoisotopic (exact) mass is 378 g/mol. The number of aromatic nitrogens is 3. The number of anilines is 1. The number of ketones is 1. The molecule has 0 saturated heterocycles. The Balaban J connectivity index is 1.71. The lowest BCUT2D eigenvalue weighted by molar-refractivity contribution is -0.125. The van der Waals surface area contributed by atoms with Crippen LogP contribution in [-0.2, 0) is 4.79 Å². The molecule has 3 aromatic rings. The van der Waals surface area contributed by atoms with Gasteiger partial charge in [0.15, 0.2) is 11.9 Å². The third-order valence-electron chi connectivity index (χ3n) is 5.42. The van der Waals surface area contributed by atoms with Gasteiger partial charge in [0, 0.05) is 12.6 Å². The van der Waals surface area contributed by atoms with Crippen LogP contribution >= 0.6 is 0 Å². The molecule has 0 radical (unpaired) electrons. The van der Waals surface area contributed by atoms with Crippen LogP contribution in [0, 0.1) is 13.8 Å². The summed E-state index contributed by atoms with van der Waals surface area (Å²) in [5, 5.41) is 8.41. The number of fused-ring (bicyclic) bond motifs is 2. The van der Waals surface area contributed by atoms with Gasteiger partial charge in [-0.15, -0.1) is 5.10 Å². The van der Waals surface area contributed by atoms with Crippen LogP contribution < -0.4 is 9.64 Å². The van der Waals surface area contributed by atoms with Crippen LogP contribution in [0.3, 0.4) is 0 Å². The molecule has 1 aliphatic rings. The zero-order valence-corrected chi connectivity index (χ0v) is 16.6. The van der Waals surface area contributed by atoms with Gasteiger partial charge in [-0.25, -0.2) is 4.68 Å². The molecule has 144 valence electrons. The Bertz CT molecular complexity index is 1120. The highest BCUT2D eigenvalue weighted by Crippen LogP contribution is 2.35. The summed E-state index contributed by atoms with van der Waals surface area (Å²) >= 11 is 0. The van der Waals surface area contributed by atoms with E-state index in [1.807, 2.05) is 26.0 Å². The molecular formula is C21H22N4O3. The van der Waals surface area contributed by atoms with Gasteiger partial charge in [-0.2, -0.15) is 0 Å². The van der Waals surface area contributed by atoms with Gasteiger partial charge in [0.2, 0.25) is 0 Å². The van der Waals surface area contributed by atoms with E-state index in [9.17, 15) is 9.59 Å². The molecule has 4 rings (SSSR count). The SMILES string of the molecule is Cc1cc2nnn(C(C)C(=O)c3ccc4c(c3)N(C)C(=O)C(C)O4)c2cc1C. The van der Waals surface area contributed by atoms with Gasteiger partial charge in [0.25, 0.3) is 5.91 Å². The van der Waals surface area contributed by atoms with E-state index < -0.39 is 12.1 Å². The summed E-state index contributed by atoms with van der Waals surface area (Å²) in [4.78, 5) is 26.9. The molecule has 2 atom stereocenters. The van der Waals surface area contributed by atoms with E-state index >= 15 is 0 Å². The van der Waals surface area contributed by atoms with Gasteiger partial charge in [0.05, 0.1) is 11.2 Å². The first kappa shape index (κ1) is 18.2. The fourth-order valence-corrected chi connectivity index (χ4v) is 3.50. The molecule has 2 unspecified atom stereocenters. The number of amides is 1. The van der Waals surface area contributed by atoms with Crippen molar-refractivity contribution in [2.24, 2.45) is 0 Å². The van der Waals surface area contributed by atoms with Crippen molar-refractivity contribution < 1.29 is 14.3 Å². The molecule has 0 saturated carbocycles. The minimum absolute atomic E-state index is 0.104.